The van der Waals surface area contributed by atoms with Crippen molar-refractivity contribution in [1.82, 2.24) is 9.80 Å². The Morgan fingerprint density at radius 2 is 1.61 bits per heavy atom. The van der Waals surface area contributed by atoms with Crippen LogP contribution in [-0.2, 0) is 16.1 Å². The van der Waals surface area contributed by atoms with Crippen molar-refractivity contribution in [3.05, 3.63) is 60.2 Å². The van der Waals surface area contributed by atoms with Crippen LogP contribution in [0, 0.1) is 5.92 Å². The molecule has 2 heterocycles. The first kappa shape index (κ1) is 21.3. The first-order chi connectivity index (χ1) is 15.2. The minimum absolute atomic E-state index is 0.0295. The number of rotatable bonds is 5. The molecule has 2 aromatic rings. The summed E-state index contributed by atoms with van der Waals surface area (Å²) in [5.41, 5.74) is 2.78. The van der Waals surface area contributed by atoms with E-state index in [0.29, 0.717) is 13.1 Å². The van der Waals surface area contributed by atoms with Crippen molar-refractivity contribution in [2.24, 2.45) is 5.92 Å². The summed E-state index contributed by atoms with van der Waals surface area (Å²) in [5.74, 6) is -0.235. The van der Waals surface area contributed by atoms with Gasteiger partial charge in [-0.05, 0) is 42.7 Å². The second kappa shape index (κ2) is 10.4. The monoisotopic (exact) mass is 422 g/mol. The molecule has 0 radical (unpaired) electrons. The van der Waals surface area contributed by atoms with Crippen LogP contribution in [0.2, 0.25) is 0 Å². The average Bonchev–Trinajstić information content (AvgIpc) is 2.82. The molecule has 2 aromatic carbocycles. The third-order valence-corrected chi connectivity index (χ3v) is 5.84. The number of piperidine rings is 1. The number of benzene rings is 2. The van der Waals surface area contributed by atoms with Gasteiger partial charge in [0.05, 0.1) is 19.1 Å². The van der Waals surface area contributed by atoms with Crippen molar-refractivity contribution in [2.45, 2.75) is 19.4 Å². The maximum absolute atomic E-state index is 12.8. The van der Waals surface area contributed by atoms with Crippen LogP contribution in [0.4, 0.5) is 16.2 Å². The van der Waals surface area contributed by atoms with Gasteiger partial charge in [-0.25, -0.2) is 4.79 Å². The fourth-order valence-corrected chi connectivity index (χ4v) is 4.05. The van der Waals surface area contributed by atoms with E-state index in [9.17, 15) is 9.59 Å². The van der Waals surface area contributed by atoms with Crippen molar-refractivity contribution in [1.29, 1.82) is 0 Å². The second-order valence-corrected chi connectivity index (χ2v) is 8.16. The Hall–Kier alpha value is -2.90. The molecular formula is C24H30N4O3. The van der Waals surface area contributed by atoms with Gasteiger partial charge in [0.1, 0.15) is 0 Å². The summed E-state index contributed by atoms with van der Waals surface area (Å²) in [7, 11) is 0. The molecule has 2 N–H and O–H groups in total. The van der Waals surface area contributed by atoms with Gasteiger partial charge >= 0.3 is 6.03 Å². The Morgan fingerprint density at radius 1 is 0.903 bits per heavy atom. The molecule has 0 saturated carbocycles. The van der Waals surface area contributed by atoms with Crippen LogP contribution in [0.15, 0.2) is 54.6 Å². The Kier molecular flexibility index (Phi) is 7.17. The number of hydrogen-bond acceptors (Lipinski definition) is 4. The summed E-state index contributed by atoms with van der Waals surface area (Å²) >= 11 is 0. The molecule has 2 saturated heterocycles. The zero-order valence-corrected chi connectivity index (χ0v) is 17.8. The predicted octanol–water partition coefficient (Wildman–Crippen LogP) is 3.40. The summed E-state index contributed by atoms with van der Waals surface area (Å²) in [6.45, 7) is 5.47. The molecule has 2 aliphatic rings. The van der Waals surface area contributed by atoms with Gasteiger partial charge < -0.3 is 20.3 Å². The van der Waals surface area contributed by atoms with E-state index in [1.807, 2.05) is 42.5 Å². The van der Waals surface area contributed by atoms with Gasteiger partial charge in [0.2, 0.25) is 5.91 Å². The number of morpholine rings is 1. The molecule has 4 rings (SSSR count). The molecular weight excluding hydrogens is 392 g/mol. The Bertz CT molecular complexity index is 866. The number of nitrogens with one attached hydrogen (secondary N) is 2. The molecule has 7 nitrogen and oxygen atoms in total. The van der Waals surface area contributed by atoms with Crippen LogP contribution in [0.3, 0.4) is 0 Å². The number of carbonyl (C=O) groups excluding carboxylic acids is 2. The number of amides is 3. The van der Waals surface area contributed by atoms with Gasteiger partial charge in [-0.1, -0.05) is 30.3 Å². The maximum Gasteiger partial charge on any atom is 0.321 e. The zero-order chi connectivity index (χ0) is 21.5. The second-order valence-electron chi connectivity index (χ2n) is 8.16. The largest absolute Gasteiger partial charge is 0.379 e. The van der Waals surface area contributed by atoms with Crippen LogP contribution in [0.5, 0.6) is 0 Å². The molecule has 0 aliphatic carbocycles. The highest BCUT2D eigenvalue weighted by molar-refractivity contribution is 5.94. The lowest BCUT2D eigenvalue weighted by molar-refractivity contribution is -0.121. The molecule has 31 heavy (non-hydrogen) atoms. The molecule has 0 spiro atoms. The molecule has 2 fully saturated rings. The standard InChI is InChI=1S/C24H30N4O3/c29-23(25-22-10-8-19(9-11-22)17-27-13-15-31-16-14-27)20-5-4-12-28(18-20)24(30)26-21-6-2-1-3-7-21/h1-3,6-11,20H,4-5,12-18H2,(H,25,29)(H,26,30). The van der Waals surface area contributed by atoms with Crippen LogP contribution in [0.1, 0.15) is 18.4 Å². The van der Waals surface area contributed by atoms with Crippen molar-refractivity contribution in [2.75, 3.05) is 50.0 Å². The third kappa shape index (κ3) is 6.06. The fourth-order valence-electron chi connectivity index (χ4n) is 4.05. The Morgan fingerprint density at radius 3 is 2.35 bits per heavy atom. The van der Waals surface area contributed by atoms with E-state index in [2.05, 4.69) is 27.7 Å². The van der Waals surface area contributed by atoms with Crippen LogP contribution < -0.4 is 10.6 Å². The van der Waals surface area contributed by atoms with E-state index in [0.717, 1.165) is 57.1 Å². The van der Waals surface area contributed by atoms with Crippen molar-refractivity contribution in [3.63, 3.8) is 0 Å². The van der Waals surface area contributed by atoms with E-state index >= 15 is 0 Å². The molecule has 0 bridgehead atoms. The fraction of sp³-hybridized carbons (Fsp3) is 0.417. The number of hydrogen-bond donors (Lipinski definition) is 2. The van der Waals surface area contributed by atoms with E-state index in [1.165, 1.54) is 5.56 Å². The summed E-state index contributed by atoms with van der Waals surface area (Å²) in [6, 6.07) is 17.3. The number of nitrogens with zero attached hydrogens (tertiary/aromatic N) is 2. The summed E-state index contributed by atoms with van der Waals surface area (Å²) in [6.07, 6.45) is 1.61. The van der Waals surface area contributed by atoms with Crippen molar-refractivity contribution >= 4 is 23.3 Å². The number of ether oxygens (including phenoxy) is 1. The maximum atomic E-state index is 12.8. The molecule has 0 aromatic heterocycles. The van der Waals surface area contributed by atoms with Gasteiger partial charge in [0.15, 0.2) is 0 Å². The smallest absolute Gasteiger partial charge is 0.321 e. The van der Waals surface area contributed by atoms with Gasteiger partial charge in [-0.15, -0.1) is 0 Å². The molecule has 1 atom stereocenters. The molecule has 1 unspecified atom stereocenters. The van der Waals surface area contributed by atoms with Crippen LogP contribution in [0.25, 0.3) is 0 Å². The first-order valence-electron chi connectivity index (χ1n) is 11.0. The van der Waals surface area contributed by atoms with E-state index in [1.54, 1.807) is 4.90 Å². The van der Waals surface area contributed by atoms with Gasteiger partial charge in [-0.2, -0.15) is 0 Å². The summed E-state index contributed by atoms with van der Waals surface area (Å²) < 4.78 is 5.39. The first-order valence-corrected chi connectivity index (χ1v) is 11.0. The molecule has 3 amide bonds. The van der Waals surface area contributed by atoms with E-state index in [-0.39, 0.29) is 17.9 Å². The lowest BCUT2D eigenvalue weighted by Gasteiger charge is -2.32. The van der Waals surface area contributed by atoms with E-state index in [4.69, 9.17) is 4.74 Å². The summed E-state index contributed by atoms with van der Waals surface area (Å²) in [5, 5.41) is 5.92. The molecule has 164 valence electrons. The average molecular weight is 423 g/mol. The van der Waals surface area contributed by atoms with Gasteiger partial charge in [0.25, 0.3) is 0 Å². The number of likely N-dealkylation sites (tertiary alicyclic amines) is 1. The normalized spacial score (nSPS) is 19.6. The summed E-state index contributed by atoms with van der Waals surface area (Å²) in [4.78, 5) is 29.5. The van der Waals surface area contributed by atoms with Gasteiger partial charge in [-0.3, -0.25) is 9.69 Å². The number of carbonyl (C=O) groups is 2. The van der Waals surface area contributed by atoms with Gasteiger partial charge in [0, 0.05) is 44.1 Å². The van der Waals surface area contributed by atoms with Crippen molar-refractivity contribution in [3.8, 4) is 0 Å². The Labute approximate surface area is 183 Å². The highest BCUT2D eigenvalue weighted by Gasteiger charge is 2.28. The number of urea groups is 1. The topological polar surface area (TPSA) is 73.9 Å². The minimum atomic E-state index is -0.205. The number of anilines is 2. The minimum Gasteiger partial charge on any atom is -0.379 e. The molecule has 7 heteroatoms. The quantitative estimate of drug-likeness (QED) is 0.775. The SMILES string of the molecule is O=C(Nc1ccc(CN2CCOCC2)cc1)C1CCCN(C(=O)Nc2ccccc2)C1. The lowest BCUT2D eigenvalue weighted by atomic mass is 9.97. The highest BCUT2D eigenvalue weighted by atomic mass is 16.5. The third-order valence-electron chi connectivity index (χ3n) is 5.84. The van der Waals surface area contributed by atoms with E-state index < -0.39 is 0 Å². The van der Waals surface area contributed by atoms with Crippen LogP contribution in [-0.4, -0.2) is 61.1 Å². The zero-order valence-electron chi connectivity index (χ0n) is 17.8. The van der Waals surface area contributed by atoms with Crippen LogP contribution >= 0.6 is 0 Å². The number of para-hydroxylation sites is 1. The predicted molar refractivity (Wildman–Crippen MR) is 121 cm³/mol. The Balaban J connectivity index is 1.28. The lowest BCUT2D eigenvalue weighted by Crippen LogP contribution is -2.45. The van der Waals surface area contributed by atoms with Crippen molar-refractivity contribution < 1.29 is 14.3 Å². The molecule has 2 aliphatic heterocycles. The highest BCUT2D eigenvalue weighted by Crippen LogP contribution is 2.20.